The number of benzene rings is 3. The van der Waals surface area contributed by atoms with Gasteiger partial charge in [0.2, 0.25) is 11.9 Å². The number of aromatic nitrogens is 2. The van der Waals surface area contributed by atoms with Crippen molar-refractivity contribution in [3.63, 3.8) is 0 Å². The molecule has 0 radical (unpaired) electrons. The summed E-state index contributed by atoms with van der Waals surface area (Å²) in [6, 6.07) is 20.4. The highest BCUT2D eigenvalue weighted by atomic mass is 35.5. The van der Waals surface area contributed by atoms with Crippen molar-refractivity contribution in [2.24, 2.45) is 5.41 Å². The number of halogens is 1. The van der Waals surface area contributed by atoms with Gasteiger partial charge >= 0.3 is 0 Å². The minimum atomic E-state index is -0.332. The molecule has 1 atom stereocenters. The van der Waals surface area contributed by atoms with Crippen LogP contribution in [0.3, 0.4) is 0 Å². The molecule has 196 valence electrons. The first-order valence-electron chi connectivity index (χ1n) is 12.4. The van der Waals surface area contributed by atoms with Gasteiger partial charge in [-0.3, -0.25) is 19.5 Å². The Labute approximate surface area is 227 Å². The summed E-state index contributed by atoms with van der Waals surface area (Å²) in [6.07, 6.45) is 1.21. The van der Waals surface area contributed by atoms with E-state index in [-0.39, 0.29) is 17.2 Å². The van der Waals surface area contributed by atoms with E-state index < -0.39 is 0 Å². The monoisotopic (exact) mass is 529 g/mol. The van der Waals surface area contributed by atoms with Crippen LogP contribution in [0.4, 0.5) is 11.6 Å². The summed E-state index contributed by atoms with van der Waals surface area (Å²) in [6.45, 7) is 13.0. The van der Waals surface area contributed by atoms with Gasteiger partial charge in [0.25, 0.3) is 5.91 Å². The maximum atomic E-state index is 13.1. The Morgan fingerprint density at radius 3 is 2.53 bits per heavy atom. The normalized spacial score (nSPS) is 12.2. The Bertz CT molecular complexity index is 1500. The van der Waals surface area contributed by atoms with Crippen molar-refractivity contribution >= 4 is 46.1 Å². The van der Waals surface area contributed by atoms with Crippen LogP contribution in [0.2, 0.25) is 5.02 Å². The van der Waals surface area contributed by atoms with Crippen molar-refractivity contribution in [2.45, 2.75) is 40.3 Å². The fourth-order valence-electron chi connectivity index (χ4n) is 3.88. The number of rotatable bonds is 8. The van der Waals surface area contributed by atoms with Gasteiger partial charge in [0.1, 0.15) is 0 Å². The fourth-order valence-corrected chi connectivity index (χ4v) is 4.07. The van der Waals surface area contributed by atoms with E-state index in [0.717, 1.165) is 22.3 Å². The summed E-state index contributed by atoms with van der Waals surface area (Å²) in [4.78, 5) is 29.8. The molecule has 3 aromatic carbocycles. The van der Waals surface area contributed by atoms with Gasteiger partial charge in [-0.1, -0.05) is 57.2 Å². The van der Waals surface area contributed by atoms with Crippen molar-refractivity contribution in [3.05, 3.63) is 95.5 Å². The van der Waals surface area contributed by atoms with Crippen LogP contribution in [0.5, 0.6) is 0 Å². The number of nitrogens with zero attached hydrogens (tertiary/aromatic N) is 2. The molecule has 3 N–H and O–H groups in total. The molecule has 0 aliphatic heterocycles. The maximum Gasteiger partial charge on any atom is 0.258 e. The second kappa shape index (κ2) is 11.2. The molecule has 7 nitrogen and oxygen atoms in total. The summed E-state index contributed by atoms with van der Waals surface area (Å²) >= 11 is 6.10. The van der Waals surface area contributed by atoms with Crippen LogP contribution in [0.1, 0.15) is 43.6 Å². The van der Waals surface area contributed by atoms with Crippen molar-refractivity contribution in [2.75, 3.05) is 10.6 Å². The third kappa shape index (κ3) is 6.30. The number of fused-ring (bicyclic) bond motifs is 1. The molecular formula is C30H32ClN5O2. The predicted molar refractivity (Wildman–Crippen MR) is 155 cm³/mol. The van der Waals surface area contributed by atoms with Gasteiger partial charge in [-0.2, -0.15) is 0 Å². The molecule has 0 fully saturated rings. The number of carbonyl (C=O) groups is 2. The molecule has 4 aromatic rings. The second-order valence-electron chi connectivity index (χ2n) is 10.3. The Morgan fingerprint density at radius 1 is 1.05 bits per heavy atom. The van der Waals surface area contributed by atoms with Gasteiger partial charge in [0, 0.05) is 28.9 Å². The lowest BCUT2D eigenvalue weighted by molar-refractivity contribution is -0.111. The van der Waals surface area contributed by atoms with E-state index in [1.54, 1.807) is 30.3 Å². The average molecular weight is 530 g/mol. The number of imidazole rings is 1. The van der Waals surface area contributed by atoms with Crippen molar-refractivity contribution in [3.8, 4) is 5.69 Å². The molecule has 0 saturated carbocycles. The topological polar surface area (TPSA) is 88.1 Å². The van der Waals surface area contributed by atoms with E-state index >= 15 is 0 Å². The molecule has 4 rings (SSSR count). The summed E-state index contributed by atoms with van der Waals surface area (Å²) < 4.78 is 1.86. The van der Waals surface area contributed by atoms with Crippen molar-refractivity contribution in [1.29, 1.82) is 0 Å². The Kier molecular flexibility index (Phi) is 7.99. The largest absolute Gasteiger partial charge is 0.322 e. The SMILES string of the molecule is C=CC(=O)Nc1cccc(-n2c(NC(=O)c3cccc(Cl)c3)nc3cc(CN[C@@H](C)C(C)(C)C)ccc32)c1. The minimum absolute atomic E-state index is 0.134. The Balaban J connectivity index is 1.75. The van der Waals surface area contributed by atoms with Crippen LogP contribution in [0.25, 0.3) is 16.7 Å². The van der Waals surface area contributed by atoms with Gasteiger partial charge in [-0.25, -0.2) is 4.98 Å². The molecule has 0 aliphatic rings. The molecule has 0 unspecified atom stereocenters. The van der Waals surface area contributed by atoms with Crippen molar-refractivity contribution in [1.82, 2.24) is 14.9 Å². The predicted octanol–water partition coefficient (Wildman–Crippen LogP) is 6.58. The number of anilines is 2. The van der Waals surface area contributed by atoms with Gasteiger partial charge in [-0.15, -0.1) is 0 Å². The molecule has 0 aliphatic carbocycles. The molecule has 1 heterocycles. The zero-order chi connectivity index (χ0) is 27.4. The lowest BCUT2D eigenvalue weighted by atomic mass is 9.88. The van der Waals surface area contributed by atoms with Crippen LogP contribution >= 0.6 is 11.6 Å². The highest BCUT2D eigenvalue weighted by Gasteiger charge is 2.20. The molecule has 2 amide bonds. The van der Waals surface area contributed by atoms with E-state index in [4.69, 9.17) is 16.6 Å². The third-order valence-electron chi connectivity index (χ3n) is 6.50. The van der Waals surface area contributed by atoms with Crippen LogP contribution in [-0.4, -0.2) is 27.4 Å². The van der Waals surface area contributed by atoms with Crippen LogP contribution < -0.4 is 16.0 Å². The Hall–Kier alpha value is -3.94. The van der Waals surface area contributed by atoms with Crippen LogP contribution in [0.15, 0.2) is 79.4 Å². The Morgan fingerprint density at radius 2 is 1.82 bits per heavy atom. The molecule has 0 bridgehead atoms. The summed E-state index contributed by atoms with van der Waals surface area (Å²) in [7, 11) is 0. The van der Waals surface area contributed by atoms with Crippen molar-refractivity contribution < 1.29 is 9.59 Å². The zero-order valence-corrected chi connectivity index (χ0v) is 22.8. The van der Waals surface area contributed by atoms with E-state index in [1.165, 1.54) is 6.08 Å². The molecule has 1 aromatic heterocycles. The number of nitrogens with one attached hydrogen (secondary N) is 3. The number of amides is 2. The maximum absolute atomic E-state index is 13.1. The highest BCUT2D eigenvalue weighted by molar-refractivity contribution is 6.31. The third-order valence-corrected chi connectivity index (χ3v) is 6.73. The van der Waals surface area contributed by atoms with Gasteiger partial charge < -0.3 is 10.6 Å². The van der Waals surface area contributed by atoms with Crippen LogP contribution in [-0.2, 0) is 11.3 Å². The quantitative estimate of drug-likeness (QED) is 0.225. The average Bonchev–Trinajstić information content (AvgIpc) is 3.23. The van der Waals surface area contributed by atoms with Gasteiger partial charge in [-0.05, 0) is 72.5 Å². The van der Waals surface area contributed by atoms with Gasteiger partial charge in [0.05, 0.1) is 16.7 Å². The lowest BCUT2D eigenvalue weighted by Gasteiger charge is -2.28. The van der Waals surface area contributed by atoms with E-state index in [1.807, 2.05) is 34.9 Å². The molecule has 0 spiro atoms. The van der Waals surface area contributed by atoms with E-state index in [2.05, 4.69) is 56.3 Å². The second-order valence-corrected chi connectivity index (χ2v) is 10.7. The fraction of sp³-hybridized carbons (Fsp3) is 0.233. The number of hydrogen-bond donors (Lipinski definition) is 3. The molecule has 8 heteroatoms. The molecule has 38 heavy (non-hydrogen) atoms. The first-order valence-corrected chi connectivity index (χ1v) is 12.8. The van der Waals surface area contributed by atoms with Gasteiger partial charge in [0.15, 0.2) is 0 Å². The standard InChI is InChI=1S/C30H32ClN5O2/c1-6-27(37)33-23-11-8-12-24(17-23)36-26-14-13-20(18-32-19(2)30(3,4)5)15-25(26)34-29(36)35-28(38)21-9-7-10-22(31)16-21/h6-17,19,32H,1,18H2,2-5H3,(H,33,37)(H,34,35,38)/t19-/m0/s1. The van der Waals surface area contributed by atoms with Crippen LogP contribution in [0, 0.1) is 5.41 Å². The minimum Gasteiger partial charge on any atom is -0.322 e. The smallest absolute Gasteiger partial charge is 0.258 e. The number of hydrogen-bond acceptors (Lipinski definition) is 4. The van der Waals surface area contributed by atoms with E-state index in [0.29, 0.717) is 34.8 Å². The van der Waals surface area contributed by atoms with E-state index in [9.17, 15) is 9.59 Å². The molecule has 0 saturated heterocycles. The summed E-state index contributed by atoms with van der Waals surface area (Å²) in [5, 5.41) is 9.77. The zero-order valence-electron chi connectivity index (χ0n) is 22.0. The highest BCUT2D eigenvalue weighted by Crippen LogP contribution is 2.28. The first kappa shape index (κ1) is 27.1. The molecular weight excluding hydrogens is 498 g/mol. The summed E-state index contributed by atoms with van der Waals surface area (Å²) in [5.74, 6) is -0.292. The first-order chi connectivity index (χ1) is 18.0. The number of carbonyl (C=O) groups excluding carboxylic acids is 2. The lowest BCUT2D eigenvalue weighted by Crippen LogP contribution is -2.37. The summed E-state index contributed by atoms with van der Waals surface area (Å²) in [5.41, 5.74) is 4.50.